The number of carbonyl (C=O) groups excluding carboxylic acids is 1. The minimum atomic E-state index is -0.474. The molecule has 0 spiro atoms. The third kappa shape index (κ3) is 4.92. The summed E-state index contributed by atoms with van der Waals surface area (Å²) in [6.45, 7) is 7.60. The van der Waals surface area contributed by atoms with Crippen molar-refractivity contribution in [2.24, 2.45) is 7.05 Å². The number of aromatic nitrogens is 6. The molecular formula is C23H25FN8O2. The molecule has 0 saturated heterocycles. The van der Waals surface area contributed by atoms with Crippen LogP contribution in [0.3, 0.4) is 0 Å². The quantitative estimate of drug-likeness (QED) is 0.443. The van der Waals surface area contributed by atoms with Gasteiger partial charge in [-0.1, -0.05) is 26.8 Å². The maximum Gasteiger partial charge on any atom is 0.273 e. The van der Waals surface area contributed by atoms with Gasteiger partial charge in [-0.25, -0.2) is 19.3 Å². The Balaban J connectivity index is 1.48. The number of rotatable bonds is 6. The van der Waals surface area contributed by atoms with Crippen LogP contribution in [-0.4, -0.2) is 35.6 Å². The Labute approximate surface area is 195 Å². The second-order valence-electron chi connectivity index (χ2n) is 8.81. The molecule has 0 atom stereocenters. The summed E-state index contributed by atoms with van der Waals surface area (Å²) in [5.74, 6) is 0.591. The fraction of sp³-hybridized carbons (Fsp3) is 0.304. The fourth-order valence-electron chi connectivity index (χ4n) is 3.16. The topological polar surface area (TPSA) is 124 Å². The van der Waals surface area contributed by atoms with Gasteiger partial charge in [-0.3, -0.25) is 9.48 Å². The first-order valence-electron chi connectivity index (χ1n) is 10.6. The number of hydrogen-bond acceptors (Lipinski definition) is 8. The number of carbonyl (C=O) groups is 1. The molecule has 11 heteroatoms. The molecule has 34 heavy (non-hydrogen) atoms. The molecule has 0 aliphatic rings. The summed E-state index contributed by atoms with van der Waals surface area (Å²) in [4.78, 5) is 29.2. The first-order chi connectivity index (χ1) is 16.1. The van der Waals surface area contributed by atoms with Crippen molar-refractivity contribution in [2.75, 3.05) is 5.32 Å². The van der Waals surface area contributed by atoms with Crippen molar-refractivity contribution in [2.45, 2.75) is 39.7 Å². The van der Waals surface area contributed by atoms with Gasteiger partial charge in [-0.2, -0.15) is 10.1 Å². The molecule has 0 radical (unpaired) electrons. The number of aryl methyl sites for hydroxylation is 1. The average molecular weight is 465 g/mol. The average Bonchev–Trinajstić information content (AvgIpc) is 3.44. The van der Waals surface area contributed by atoms with Crippen LogP contribution in [0.4, 0.5) is 16.2 Å². The number of oxazole rings is 1. The lowest BCUT2D eigenvalue weighted by Crippen LogP contribution is -2.24. The number of halogens is 1. The van der Waals surface area contributed by atoms with E-state index in [1.165, 1.54) is 12.6 Å². The van der Waals surface area contributed by atoms with Crippen molar-refractivity contribution in [3.05, 3.63) is 65.5 Å². The van der Waals surface area contributed by atoms with Crippen LogP contribution in [0.25, 0.3) is 11.4 Å². The Morgan fingerprint density at radius 2 is 1.97 bits per heavy atom. The van der Waals surface area contributed by atoms with Crippen LogP contribution in [-0.2, 0) is 19.0 Å². The summed E-state index contributed by atoms with van der Waals surface area (Å²) in [6.07, 6.45) is 4.40. The Kier molecular flexibility index (Phi) is 6.10. The number of hydrogen-bond donors (Lipinski definition) is 2. The third-order valence-electron chi connectivity index (χ3n) is 5.08. The highest BCUT2D eigenvalue weighted by Gasteiger charge is 2.22. The molecule has 0 bridgehead atoms. The van der Waals surface area contributed by atoms with Crippen LogP contribution in [0.2, 0.25) is 0 Å². The van der Waals surface area contributed by atoms with Crippen molar-refractivity contribution < 1.29 is 13.6 Å². The van der Waals surface area contributed by atoms with Crippen LogP contribution in [0.5, 0.6) is 0 Å². The number of benzene rings is 1. The number of nitrogens with zero attached hydrogens (tertiary/aromatic N) is 6. The molecule has 1 aromatic carbocycles. The van der Waals surface area contributed by atoms with E-state index in [1.807, 2.05) is 20.8 Å². The summed E-state index contributed by atoms with van der Waals surface area (Å²) in [7, 11) is 1.79. The Morgan fingerprint density at radius 1 is 1.18 bits per heavy atom. The summed E-state index contributed by atoms with van der Waals surface area (Å²) in [5, 5.41) is 9.93. The zero-order valence-electron chi connectivity index (χ0n) is 19.5. The highest BCUT2D eigenvalue weighted by molar-refractivity contribution is 5.91. The van der Waals surface area contributed by atoms with Gasteiger partial charge in [0.1, 0.15) is 18.4 Å². The second kappa shape index (κ2) is 9.00. The monoisotopic (exact) mass is 464 g/mol. The van der Waals surface area contributed by atoms with Gasteiger partial charge in [-0.15, -0.1) is 0 Å². The van der Waals surface area contributed by atoms with E-state index in [-0.39, 0.29) is 35.0 Å². The maximum atomic E-state index is 15.2. The molecule has 4 rings (SSSR count). The molecule has 2 N–H and O–H groups in total. The molecule has 176 valence electrons. The minimum Gasteiger partial charge on any atom is -0.448 e. The molecule has 3 heterocycles. The predicted molar refractivity (Wildman–Crippen MR) is 123 cm³/mol. The van der Waals surface area contributed by atoms with E-state index in [0.29, 0.717) is 22.8 Å². The highest BCUT2D eigenvalue weighted by Crippen LogP contribution is 2.25. The molecule has 0 aliphatic heterocycles. The van der Waals surface area contributed by atoms with E-state index in [4.69, 9.17) is 4.42 Å². The second-order valence-corrected chi connectivity index (χ2v) is 8.81. The van der Waals surface area contributed by atoms with Crippen LogP contribution >= 0.6 is 0 Å². The van der Waals surface area contributed by atoms with Crippen molar-refractivity contribution in [3.63, 3.8) is 0 Å². The van der Waals surface area contributed by atoms with Crippen molar-refractivity contribution in [1.29, 1.82) is 0 Å². The van der Waals surface area contributed by atoms with Crippen molar-refractivity contribution >= 4 is 17.7 Å². The Hall–Kier alpha value is -4.15. The maximum absolute atomic E-state index is 15.2. The molecule has 3 aromatic heterocycles. The minimum absolute atomic E-state index is 0.128. The van der Waals surface area contributed by atoms with Crippen LogP contribution in [0.1, 0.15) is 48.3 Å². The Bertz CT molecular complexity index is 1340. The first kappa shape index (κ1) is 23.0. The van der Waals surface area contributed by atoms with Gasteiger partial charge in [-0.05, 0) is 24.1 Å². The number of nitrogens with one attached hydrogen (secondary N) is 2. The van der Waals surface area contributed by atoms with Crippen LogP contribution < -0.4 is 10.6 Å². The van der Waals surface area contributed by atoms with E-state index in [2.05, 4.69) is 35.7 Å². The molecule has 0 aliphatic carbocycles. The van der Waals surface area contributed by atoms with Gasteiger partial charge in [0.2, 0.25) is 5.95 Å². The Morgan fingerprint density at radius 3 is 2.65 bits per heavy atom. The lowest BCUT2D eigenvalue weighted by atomic mass is 9.97. The lowest BCUT2D eigenvalue weighted by Gasteiger charge is -2.12. The molecule has 0 fully saturated rings. The normalized spacial score (nSPS) is 11.5. The first-order valence-corrected chi connectivity index (χ1v) is 10.6. The van der Waals surface area contributed by atoms with Crippen molar-refractivity contribution in [3.8, 4) is 11.4 Å². The van der Waals surface area contributed by atoms with Gasteiger partial charge in [0.05, 0.1) is 5.56 Å². The summed E-state index contributed by atoms with van der Waals surface area (Å²) >= 11 is 0. The summed E-state index contributed by atoms with van der Waals surface area (Å²) in [6, 6.07) is 5.07. The zero-order chi connectivity index (χ0) is 24.5. The van der Waals surface area contributed by atoms with E-state index in [0.717, 1.165) is 0 Å². The van der Waals surface area contributed by atoms with Crippen LogP contribution in [0, 0.1) is 12.7 Å². The molecular weight excluding hydrogens is 439 g/mol. The third-order valence-corrected chi connectivity index (χ3v) is 5.08. The van der Waals surface area contributed by atoms with E-state index >= 15 is 4.39 Å². The molecule has 4 aromatic rings. The van der Waals surface area contributed by atoms with Crippen LogP contribution in [0.15, 0.2) is 41.4 Å². The standard InChI is InChI=1S/C23H25FN8O2/c1-13-14(10-25-20(33)16-11-34-21(28-16)23(2,3)4)6-7-15(18(13)24)19-26-12-27-22(30-19)29-17-8-9-32(5)31-17/h6-9,11-12H,10H2,1-5H3,(H,25,33)(H,26,27,29,30,31). The van der Waals surface area contributed by atoms with E-state index in [9.17, 15) is 4.79 Å². The summed E-state index contributed by atoms with van der Waals surface area (Å²) in [5.41, 5.74) is 1.10. The van der Waals surface area contributed by atoms with Gasteiger partial charge >= 0.3 is 0 Å². The van der Waals surface area contributed by atoms with E-state index in [1.54, 1.807) is 43.0 Å². The number of anilines is 2. The predicted octanol–water partition coefficient (Wildman–Crippen LogP) is 3.68. The highest BCUT2D eigenvalue weighted by atomic mass is 19.1. The van der Waals surface area contributed by atoms with Gasteiger partial charge in [0.15, 0.2) is 23.2 Å². The van der Waals surface area contributed by atoms with Gasteiger partial charge < -0.3 is 15.1 Å². The fourth-order valence-corrected chi connectivity index (χ4v) is 3.16. The van der Waals surface area contributed by atoms with E-state index < -0.39 is 11.7 Å². The van der Waals surface area contributed by atoms with Crippen molar-refractivity contribution in [1.82, 2.24) is 35.0 Å². The molecule has 0 unspecified atom stereocenters. The lowest BCUT2D eigenvalue weighted by molar-refractivity contribution is 0.0945. The molecule has 1 amide bonds. The molecule has 10 nitrogen and oxygen atoms in total. The largest absolute Gasteiger partial charge is 0.448 e. The zero-order valence-corrected chi connectivity index (χ0v) is 19.5. The number of amides is 1. The van der Waals surface area contributed by atoms with Gasteiger partial charge in [0.25, 0.3) is 5.91 Å². The summed E-state index contributed by atoms with van der Waals surface area (Å²) < 4.78 is 22.2. The van der Waals surface area contributed by atoms with Gasteiger partial charge in [0, 0.05) is 31.3 Å². The molecule has 0 saturated carbocycles. The smallest absolute Gasteiger partial charge is 0.273 e. The SMILES string of the molecule is Cc1c(CNC(=O)c2coc(C(C)(C)C)n2)ccc(-c2ncnc(Nc3ccn(C)n3)n2)c1F.